The Morgan fingerprint density at radius 1 is 1.17 bits per heavy atom. The summed E-state index contributed by atoms with van der Waals surface area (Å²) in [6.45, 7) is 2.59. The minimum atomic E-state index is -0.575. The van der Waals surface area contributed by atoms with Crippen LogP contribution < -0.4 is 5.56 Å². The highest BCUT2D eigenvalue weighted by atomic mass is 19.1. The molecule has 2 aromatic carbocycles. The van der Waals surface area contributed by atoms with Gasteiger partial charge in [0, 0.05) is 17.3 Å². The SMILES string of the molecule is CCC(c1ncc(C2CC2)c(=O)n1Cc1ccccc1)N(CC[N+](C)(C)[O-])C(=O)c1ccc(F)cc1. The maximum atomic E-state index is 13.7. The molecule has 1 amide bonds. The molecule has 0 spiro atoms. The number of likely N-dealkylation sites (N-methyl/N-ethyl adjacent to an activating group) is 1. The highest BCUT2D eigenvalue weighted by molar-refractivity contribution is 5.94. The fraction of sp³-hybridized carbons (Fsp3) is 0.393. The number of benzene rings is 2. The zero-order valence-electron chi connectivity index (χ0n) is 21.1. The van der Waals surface area contributed by atoms with Crippen molar-refractivity contribution in [3.05, 3.63) is 105 Å². The number of rotatable bonds is 10. The lowest BCUT2D eigenvalue weighted by Gasteiger charge is -2.38. The molecule has 1 atom stereocenters. The molecule has 0 aliphatic heterocycles. The summed E-state index contributed by atoms with van der Waals surface area (Å²) >= 11 is 0. The molecule has 0 N–H and O–H groups in total. The van der Waals surface area contributed by atoms with Gasteiger partial charge in [0.1, 0.15) is 11.6 Å². The first kappa shape index (κ1) is 25.7. The number of quaternary nitrogens is 1. The summed E-state index contributed by atoms with van der Waals surface area (Å²) in [4.78, 5) is 33.7. The Morgan fingerprint density at radius 3 is 2.42 bits per heavy atom. The van der Waals surface area contributed by atoms with Crippen molar-refractivity contribution < 1.29 is 13.8 Å². The van der Waals surface area contributed by atoms with Gasteiger partial charge in [-0.2, -0.15) is 0 Å². The van der Waals surface area contributed by atoms with E-state index in [9.17, 15) is 19.2 Å². The Balaban J connectivity index is 1.79. The quantitative estimate of drug-likeness (QED) is 0.309. The largest absolute Gasteiger partial charge is 0.633 e. The Hall–Kier alpha value is -3.36. The van der Waals surface area contributed by atoms with Crippen LogP contribution in [0.15, 0.2) is 65.6 Å². The van der Waals surface area contributed by atoms with E-state index in [0.717, 1.165) is 18.4 Å². The van der Waals surface area contributed by atoms with Crippen LogP contribution in [0, 0.1) is 11.0 Å². The number of amides is 1. The molecule has 0 bridgehead atoms. The predicted molar refractivity (Wildman–Crippen MR) is 137 cm³/mol. The maximum Gasteiger partial charge on any atom is 0.257 e. The lowest BCUT2D eigenvalue weighted by atomic mass is 10.1. The Labute approximate surface area is 211 Å². The van der Waals surface area contributed by atoms with E-state index in [4.69, 9.17) is 4.98 Å². The Morgan fingerprint density at radius 2 is 1.83 bits per heavy atom. The van der Waals surface area contributed by atoms with Gasteiger partial charge in [0.05, 0.1) is 39.8 Å². The number of hydroxylamine groups is 3. The van der Waals surface area contributed by atoms with E-state index in [2.05, 4.69) is 0 Å². The topological polar surface area (TPSA) is 78.3 Å². The van der Waals surface area contributed by atoms with Gasteiger partial charge in [0.25, 0.3) is 11.5 Å². The molecule has 1 aliphatic rings. The van der Waals surface area contributed by atoms with Crippen LogP contribution >= 0.6 is 0 Å². The molecule has 1 heterocycles. The van der Waals surface area contributed by atoms with Crippen LogP contribution in [0.4, 0.5) is 4.39 Å². The Kier molecular flexibility index (Phi) is 7.66. The van der Waals surface area contributed by atoms with Crippen LogP contribution in [0.25, 0.3) is 0 Å². The van der Waals surface area contributed by atoms with Gasteiger partial charge in [-0.15, -0.1) is 0 Å². The zero-order chi connectivity index (χ0) is 25.9. The molecule has 4 rings (SSSR count). The smallest absolute Gasteiger partial charge is 0.257 e. The first-order chi connectivity index (χ1) is 17.2. The second-order valence-electron chi connectivity index (χ2n) is 9.95. The van der Waals surface area contributed by atoms with Crippen molar-refractivity contribution in [3.63, 3.8) is 0 Å². The van der Waals surface area contributed by atoms with Gasteiger partial charge in [-0.25, -0.2) is 9.37 Å². The van der Waals surface area contributed by atoms with Gasteiger partial charge in [-0.1, -0.05) is 37.3 Å². The summed E-state index contributed by atoms with van der Waals surface area (Å²) in [7, 11) is 3.05. The highest BCUT2D eigenvalue weighted by Crippen LogP contribution is 2.38. The van der Waals surface area contributed by atoms with Gasteiger partial charge >= 0.3 is 0 Å². The number of nitrogens with zero attached hydrogens (tertiary/aromatic N) is 4. The summed E-state index contributed by atoms with van der Waals surface area (Å²) in [5, 5.41) is 12.4. The van der Waals surface area contributed by atoms with E-state index in [1.54, 1.807) is 15.7 Å². The van der Waals surface area contributed by atoms with Crippen LogP contribution in [0.5, 0.6) is 0 Å². The lowest BCUT2D eigenvalue weighted by Crippen LogP contribution is -2.45. The summed E-state index contributed by atoms with van der Waals surface area (Å²) < 4.78 is 14.6. The highest BCUT2D eigenvalue weighted by Gasteiger charge is 2.32. The van der Waals surface area contributed by atoms with Crippen LogP contribution in [0.2, 0.25) is 0 Å². The molecule has 0 saturated heterocycles. The van der Waals surface area contributed by atoms with E-state index < -0.39 is 16.5 Å². The fourth-order valence-corrected chi connectivity index (χ4v) is 4.43. The van der Waals surface area contributed by atoms with E-state index >= 15 is 0 Å². The molecule has 1 fully saturated rings. The molecule has 3 aromatic rings. The third-order valence-corrected chi connectivity index (χ3v) is 6.60. The molecule has 7 nitrogen and oxygen atoms in total. The van der Waals surface area contributed by atoms with Crippen LogP contribution in [0.3, 0.4) is 0 Å². The summed E-state index contributed by atoms with van der Waals surface area (Å²) in [6, 6.07) is 14.5. The zero-order valence-corrected chi connectivity index (χ0v) is 21.1. The molecular formula is C28H33FN4O3. The van der Waals surface area contributed by atoms with Crippen LogP contribution in [-0.2, 0) is 6.54 Å². The number of carbonyl (C=O) groups is 1. The normalized spacial score (nSPS) is 14.5. The third-order valence-electron chi connectivity index (χ3n) is 6.60. The van der Waals surface area contributed by atoms with Gasteiger partial charge in [-0.3, -0.25) is 14.2 Å². The second kappa shape index (κ2) is 10.7. The molecule has 8 heteroatoms. The van der Waals surface area contributed by atoms with E-state index in [1.165, 1.54) is 38.4 Å². The number of halogens is 1. The van der Waals surface area contributed by atoms with Gasteiger partial charge in [0.2, 0.25) is 0 Å². The van der Waals surface area contributed by atoms with Crippen molar-refractivity contribution in [1.82, 2.24) is 14.5 Å². The molecule has 1 aromatic heterocycles. The predicted octanol–water partition coefficient (Wildman–Crippen LogP) is 4.48. The number of carbonyl (C=O) groups excluding carboxylic acids is 1. The van der Waals surface area contributed by atoms with E-state index in [0.29, 0.717) is 29.9 Å². The van der Waals surface area contributed by atoms with Crippen molar-refractivity contribution in [1.29, 1.82) is 0 Å². The maximum absolute atomic E-state index is 13.7. The molecule has 1 unspecified atom stereocenters. The van der Waals surface area contributed by atoms with Crippen molar-refractivity contribution in [2.75, 3.05) is 27.2 Å². The van der Waals surface area contributed by atoms with Crippen LogP contribution in [-0.4, -0.2) is 52.2 Å². The van der Waals surface area contributed by atoms with Crippen molar-refractivity contribution >= 4 is 5.91 Å². The molecule has 1 saturated carbocycles. The number of hydrogen-bond donors (Lipinski definition) is 0. The first-order valence-corrected chi connectivity index (χ1v) is 12.4. The second-order valence-corrected chi connectivity index (χ2v) is 9.95. The number of aromatic nitrogens is 2. The van der Waals surface area contributed by atoms with Gasteiger partial charge < -0.3 is 14.8 Å². The van der Waals surface area contributed by atoms with E-state index in [-0.39, 0.29) is 30.5 Å². The number of hydrogen-bond acceptors (Lipinski definition) is 4. The van der Waals surface area contributed by atoms with Crippen LogP contribution in [0.1, 0.15) is 65.5 Å². The van der Waals surface area contributed by atoms with Gasteiger partial charge in [-0.05, 0) is 55.0 Å². The monoisotopic (exact) mass is 492 g/mol. The fourth-order valence-electron chi connectivity index (χ4n) is 4.43. The average Bonchev–Trinajstić information content (AvgIpc) is 3.69. The molecule has 36 heavy (non-hydrogen) atoms. The molecule has 1 aliphatic carbocycles. The molecule has 0 radical (unpaired) electrons. The third kappa shape index (κ3) is 6.06. The molecular weight excluding hydrogens is 459 g/mol. The average molecular weight is 493 g/mol. The summed E-state index contributed by atoms with van der Waals surface area (Å²) in [5.74, 6) is -0.0438. The summed E-state index contributed by atoms with van der Waals surface area (Å²) in [6.07, 6.45) is 4.10. The molecule has 190 valence electrons. The summed E-state index contributed by atoms with van der Waals surface area (Å²) in [5.41, 5.74) is 1.90. The van der Waals surface area contributed by atoms with E-state index in [1.807, 2.05) is 37.3 Å². The van der Waals surface area contributed by atoms with Crippen molar-refractivity contribution in [2.24, 2.45) is 0 Å². The lowest BCUT2D eigenvalue weighted by molar-refractivity contribution is -0.839. The minimum absolute atomic E-state index is 0.0843. The van der Waals surface area contributed by atoms with Crippen molar-refractivity contribution in [3.8, 4) is 0 Å². The standard InChI is InChI=1S/C28H33FN4O3/c1-4-25(31(16-17-33(2,3)36)27(34)22-12-14-23(29)15-13-22)26-30-18-24(21-10-11-21)28(35)32(26)19-20-8-6-5-7-9-20/h5-9,12-15,18,21,25H,4,10-11,16-17,19H2,1-3H3. The van der Waals surface area contributed by atoms with Crippen molar-refractivity contribution in [2.45, 2.75) is 44.7 Å². The first-order valence-electron chi connectivity index (χ1n) is 12.4. The minimum Gasteiger partial charge on any atom is -0.633 e. The Bertz CT molecular complexity index is 1250. The van der Waals surface area contributed by atoms with Gasteiger partial charge in [0.15, 0.2) is 0 Å².